The molecule has 0 radical (unpaired) electrons. The lowest BCUT2D eigenvalue weighted by Gasteiger charge is -2.20. The van der Waals surface area contributed by atoms with Crippen molar-refractivity contribution >= 4 is 5.78 Å². The van der Waals surface area contributed by atoms with Gasteiger partial charge in [0.25, 0.3) is 0 Å². The summed E-state index contributed by atoms with van der Waals surface area (Å²) in [7, 11) is 0. The molecule has 0 aromatic rings. The van der Waals surface area contributed by atoms with Crippen molar-refractivity contribution in [1.82, 2.24) is 0 Å². The first-order chi connectivity index (χ1) is 5.06. The number of ether oxygens (including phenoxy) is 1. The minimum Gasteiger partial charge on any atom is -0.367 e. The van der Waals surface area contributed by atoms with E-state index in [-0.39, 0.29) is 5.78 Å². The molecule has 0 aliphatic carbocycles. The first-order valence-corrected chi connectivity index (χ1v) is 3.90. The molecule has 62 valence electrons. The van der Waals surface area contributed by atoms with Crippen LogP contribution in [-0.4, -0.2) is 18.0 Å². The zero-order chi connectivity index (χ0) is 8.48. The summed E-state index contributed by atoms with van der Waals surface area (Å²) in [5, 5.41) is 0. The number of rotatable bonds is 2. The number of hydrogen-bond acceptors (Lipinski definition) is 2. The Hall–Kier alpha value is -0.630. The fourth-order valence-electron chi connectivity index (χ4n) is 1.41. The Balaban J connectivity index is 2.71. The van der Waals surface area contributed by atoms with Crippen molar-refractivity contribution in [2.24, 2.45) is 0 Å². The number of Topliss-reactive ketones (excluding diaryl/α,β-unsaturated/α-hetero) is 1. The van der Waals surface area contributed by atoms with Crippen LogP contribution in [0.25, 0.3) is 0 Å². The molecular formula is C9H14O2. The monoisotopic (exact) mass is 154 g/mol. The van der Waals surface area contributed by atoms with Crippen LogP contribution in [0.3, 0.4) is 0 Å². The first kappa shape index (κ1) is 8.47. The molecule has 1 aliphatic heterocycles. The maximum absolute atomic E-state index is 11.4. The Bertz CT molecular complexity index is 188. The third-order valence-electron chi connectivity index (χ3n) is 2.09. The van der Waals surface area contributed by atoms with Gasteiger partial charge in [-0.2, -0.15) is 0 Å². The summed E-state index contributed by atoms with van der Waals surface area (Å²) < 4.78 is 5.35. The van der Waals surface area contributed by atoms with E-state index >= 15 is 0 Å². The molecule has 1 rings (SSSR count). The van der Waals surface area contributed by atoms with Crippen molar-refractivity contribution in [3.05, 3.63) is 12.2 Å². The quantitative estimate of drug-likeness (QED) is 0.566. The van der Waals surface area contributed by atoms with Crippen LogP contribution in [-0.2, 0) is 9.53 Å². The lowest BCUT2D eigenvalue weighted by atomic mass is 9.93. The van der Waals surface area contributed by atoms with Gasteiger partial charge in [-0.25, -0.2) is 0 Å². The average Bonchev–Trinajstić information content (AvgIpc) is 2.35. The smallest absolute Gasteiger partial charge is 0.189 e. The van der Waals surface area contributed by atoms with Crippen molar-refractivity contribution in [3.8, 4) is 0 Å². The van der Waals surface area contributed by atoms with Crippen LogP contribution in [0.15, 0.2) is 12.2 Å². The zero-order valence-electron chi connectivity index (χ0n) is 7.14. The highest BCUT2D eigenvalue weighted by molar-refractivity contribution is 6.00. The van der Waals surface area contributed by atoms with Gasteiger partial charge in [-0.15, -0.1) is 0 Å². The van der Waals surface area contributed by atoms with E-state index in [2.05, 4.69) is 6.58 Å². The van der Waals surface area contributed by atoms with Gasteiger partial charge in [0.1, 0.15) is 5.60 Å². The summed E-state index contributed by atoms with van der Waals surface area (Å²) in [6, 6.07) is 0. The van der Waals surface area contributed by atoms with Crippen LogP contribution in [0.2, 0.25) is 0 Å². The number of carbonyl (C=O) groups excluding carboxylic acids is 1. The lowest BCUT2D eigenvalue weighted by Crippen LogP contribution is -2.34. The van der Waals surface area contributed by atoms with Gasteiger partial charge in [0.15, 0.2) is 5.78 Å². The molecule has 0 aromatic carbocycles. The van der Waals surface area contributed by atoms with E-state index < -0.39 is 5.60 Å². The van der Waals surface area contributed by atoms with Crippen molar-refractivity contribution in [3.63, 3.8) is 0 Å². The second-order valence-corrected chi connectivity index (χ2v) is 3.29. The number of hydrogen-bond donors (Lipinski definition) is 0. The molecule has 1 aliphatic rings. The van der Waals surface area contributed by atoms with Gasteiger partial charge < -0.3 is 4.74 Å². The first-order valence-electron chi connectivity index (χ1n) is 3.90. The molecule has 0 amide bonds. The molecule has 0 spiro atoms. The Morgan fingerprint density at radius 3 is 2.64 bits per heavy atom. The van der Waals surface area contributed by atoms with Gasteiger partial charge in [0.2, 0.25) is 0 Å². The minimum absolute atomic E-state index is 0.0509. The topological polar surface area (TPSA) is 26.3 Å². The van der Waals surface area contributed by atoms with E-state index in [1.165, 1.54) is 0 Å². The van der Waals surface area contributed by atoms with Crippen molar-refractivity contribution < 1.29 is 9.53 Å². The third kappa shape index (κ3) is 1.51. The predicted molar refractivity (Wildman–Crippen MR) is 43.4 cm³/mol. The highest BCUT2D eigenvalue weighted by Gasteiger charge is 2.37. The third-order valence-corrected chi connectivity index (χ3v) is 2.09. The minimum atomic E-state index is -0.564. The molecule has 1 saturated heterocycles. The Labute approximate surface area is 67.2 Å². The Morgan fingerprint density at radius 1 is 1.64 bits per heavy atom. The molecule has 11 heavy (non-hydrogen) atoms. The fourth-order valence-corrected chi connectivity index (χ4v) is 1.41. The largest absolute Gasteiger partial charge is 0.367 e. The fraction of sp³-hybridized carbons (Fsp3) is 0.667. The van der Waals surface area contributed by atoms with Gasteiger partial charge in [0, 0.05) is 6.61 Å². The van der Waals surface area contributed by atoms with Crippen LogP contribution in [0.5, 0.6) is 0 Å². The summed E-state index contributed by atoms with van der Waals surface area (Å²) in [6.07, 6.45) is 1.81. The molecule has 2 nitrogen and oxygen atoms in total. The zero-order valence-corrected chi connectivity index (χ0v) is 7.14. The summed E-state index contributed by atoms with van der Waals surface area (Å²) in [4.78, 5) is 11.4. The van der Waals surface area contributed by atoms with Gasteiger partial charge in [0.05, 0.1) is 0 Å². The van der Waals surface area contributed by atoms with Crippen LogP contribution in [0.4, 0.5) is 0 Å². The molecule has 0 aromatic heterocycles. The van der Waals surface area contributed by atoms with Gasteiger partial charge in [-0.1, -0.05) is 6.58 Å². The summed E-state index contributed by atoms with van der Waals surface area (Å²) in [6.45, 7) is 7.89. The summed E-state index contributed by atoms with van der Waals surface area (Å²) >= 11 is 0. The molecule has 0 bridgehead atoms. The predicted octanol–water partition coefficient (Wildman–Crippen LogP) is 1.70. The van der Waals surface area contributed by atoms with E-state index in [0.29, 0.717) is 12.2 Å². The number of carbonyl (C=O) groups is 1. The van der Waals surface area contributed by atoms with Crippen LogP contribution >= 0.6 is 0 Å². The van der Waals surface area contributed by atoms with E-state index in [9.17, 15) is 4.79 Å². The summed E-state index contributed by atoms with van der Waals surface area (Å²) in [5.74, 6) is 0.0509. The van der Waals surface area contributed by atoms with E-state index in [1.54, 1.807) is 6.92 Å². The molecule has 1 fully saturated rings. The highest BCUT2D eigenvalue weighted by Crippen LogP contribution is 2.27. The Morgan fingerprint density at radius 2 is 2.27 bits per heavy atom. The number of ketones is 1. The maximum Gasteiger partial charge on any atom is 0.189 e. The molecule has 0 N–H and O–H groups in total. The average molecular weight is 154 g/mol. The van der Waals surface area contributed by atoms with Gasteiger partial charge in [-0.3, -0.25) is 4.79 Å². The standard InChI is InChI=1S/C9H14O2/c1-7(2)8(10)9(3)5-4-6-11-9/h1,4-6H2,2-3H3. The molecular weight excluding hydrogens is 140 g/mol. The van der Waals surface area contributed by atoms with Crippen LogP contribution in [0, 0.1) is 0 Å². The molecule has 1 heterocycles. The van der Waals surface area contributed by atoms with E-state index in [1.807, 2.05) is 6.92 Å². The Kier molecular flexibility index (Phi) is 2.14. The molecule has 1 unspecified atom stereocenters. The summed E-state index contributed by atoms with van der Waals surface area (Å²) in [5.41, 5.74) is 0.0284. The van der Waals surface area contributed by atoms with E-state index in [4.69, 9.17) is 4.74 Å². The normalized spacial score (nSPS) is 30.4. The van der Waals surface area contributed by atoms with Crippen molar-refractivity contribution in [1.29, 1.82) is 0 Å². The molecule has 1 atom stereocenters. The van der Waals surface area contributed by atoms with Gasteiger partial charge >= 0.3 is 0 Å². The molecule has 0 saturated carbocycles. The van der Waals surface area contributed by atoms with Crippen molar-refractivity contribution in [2.45, 2.75) is 32.3 Å². The maximum atomic E-state index is 11.4. The lowest BCUT2D eigenvalue weighted by molar-refractivity contribution is -0.132. The van der Waals surface area contributed by atoms with Crippen molar-refractivity contribution in [2.75, 3.05) is 6.61 Å². The van der Waals surface area contributed by atoms with Crippen LogP contribution in [0.1, 0.15) is 26.7 Å². The second-order valence-electron chi connectivity index (χ2n) is 3.29. The second kappa shape index (κ2) is 2.78. The molecule has 2 heteroatoms. The van der Waals surface area contributed by atoms with E-state index in [0.717, 1.165) is 12.8 Å². The SMILES string of the molecule is C=C(C)C(=O)C1(C)CCCO1. The highest BCUT2D eigenvalue weighted by atomic mass is 16.5. The van der Waals surface area contributed by atoms with Gasteiger partial charge in [-0.05, 0) is 32.3 Å². The van der Waals surface area contributed by atoms with Crippen LogP contribution < -0.4 is 0 Å².